The highest BCUT2D eigenvalue weighted by Crippen LogP contribution is 2.49. The Morgan fingerprint density at radius 1 is 0.964 bits per heavy atom. The van der Waals surface area contributed by atoms with Gasteiger partial charge in [0.15, 0.2) is 5.78 Å². The highest BCUT2D eigenvalue weighted by Gasteiger charge is 2.63. The summed E-state index contributed by atoms with van der Waals surface area (Å²) in [4.78, 5) is 42.5. The van der Waals surface area contributed by atoms with Crippen LogP contribution in [0.2, 0.25) is 0 Å². The molecule has 2 aromatic rings. The highest BCUT2D eigenvalue weighted by atomic mass is 79.9. The molecule has 2 amide bonds. The van der Waals surface area contributed by atoms with Gasteiger partial charge >= 0.3 is 0 Å². The van der Waals surface area contributed by atoms with Crippen LogP contribution < -0.4 is 9.80 Å². The molecule has 4 atom stereocenters. The van der Waals surface area contributed by atoms with Crippen molar-refractivity contribution in [3.05, 3.63) is 64.6 Å². The molecule has 0 bridgehead atoms. The topological polar surface area (TPSA) is 57.7 Å². The molecule has 0 spiro atoms. The molecule has 2 saturated heterocycles. The molecule has 0 N–H and O–H groups in total. The fourth-order valence-electron chi connectivity index (χ4n) is 4.82. The average Bonchev–Trinajstić information content (AvgIpc) is 3.16. The van der Waals surface area contributed by atoms with Gasteiger partial charge in [0, 0.05) is 10.2 Å². The molecule has 2 aromatic carbocycles. The van der Waals surface area contributed by atoms with E-state index in [2.05, 4.69) is 15.9 Å². The average molecular weight is 437 g/mol. The van der Waals surface area contributed by atoms with Gasteiger partial charge in [-0.25, -0.2) is 4.90 Å². The molecule has 140 valence electrons. The highest BCUT2D eigenvalue weighted by molar-refractivity contribution is 9.10. The van der Waals surface area contributed by atoms with Gasteiger partial charge in [-0.05, 0) is 42.8 Å². The Morgan fingerprint density at radius 3 is 2.36 bits per heavy atom. The Hall–Kier alpha value is -2.73. The fraction of sp³-hybridized carbons (Fsp3) is 0.227. The van der Waals surface area contributed by atoms with Crippen molar-refractivity contribution in [2.45, 2.75) is 19.0 Å². The van der Waals surface area contributed by atoms with E-state index in [0.717, 1.165) is 15.7 Å². The smallest absolute Gasteiger partial charge is 0.240 e. The molecule has 4 unspecified atom stereocenters. The minimum Gasteiger partial charge on any atom is -0.353 e. The van der Waals surface area contributed by atoms with Crippen LogP contribution in [0.15, 0.2) is 59.1 Å². The summed E-state index contributed by atoms with van der Waals surface area (Å²) in [6.45, 7) is 1.51. The first-order valence-corrected chi connectivity index (χ1v) is 9.98. The van der Waals surface area contributed by atoms with E-state index in [9.17, 15) is 14.4 Å². The molecule has 6 heteroatoms. The number of nitrogens with zero attached hydrogens (tertiary/aromatic N) is 2. The van der Waals surface area contributed by atoms with Crippen molar-refractivity contribution in [1.29, 1.82) is 0 Å². The van der Waals surface area contributed by atoms with Gasteiger partial charge in [-0.1, -0.05) is 46.3 Å². The predicted molar refractivity (Wildman–Crippen MR) is 110 cm³/mol. The molecule has 28 heavy (non-hydrogen) atoms. The van der Waals surface area contributed by atoms with Crippen LogP contribution in [0.25, 0.3) is 6.08 Å². The lowest BCUT2D eigenvalue weighted by atomic mass is 9.88. The number of halogens is 1. The van der Waals surface area contributed by atoms with Crippen molar-refractivity contribution < 1.29 is 14.4 Å². The largest absolute Gasteiger partial charge is 0.353 e. The van der Waals surface area contributed by atoms with E-state index < -0.39 is 17.9 Å². The molecular formula is C22H17BrN2O3. The zero-order chi connectivity index (χ0) is 19.6. The van der Waals surface area contributed by atoms with Crippen LogP contribution in [0, 0.1) is 11.8 Å². The van der Waals surface area contributed by atoms with Crippen LogP contribution in [-0.4, -0.2) is 29.7 Å². The first kappa shape index (κ1) is 17.4. The number of rotatable bonds is 2. The van der Waals surface area contributed by atoms with Crippen LogP contribution >= 0.6 is 15.9 Å². The zero-order valence-corrected chi connectivity index (χ0v) is 16.7. The van der Waals surface area contributed by atoms with Crippen molar-refractivity contribution in [3.63, 3.8) is 0 Å². The quantitative estimate of drug-likeness (QED) is 0.676. The number of hydrogen-bond acceptors (Lipinski definition) is 4. The Bertz CT molecular complexity index is 1050. The number of carbonyl (C=O) groups excluding carboxylic acids is 3. The molecule has 3 heterocycles. The molecule has 0 aliphatic carbocycles. The van der Waals surface area contributed by atoms with Crippen LogP contribution in [0.4, 0.5) is 11.4 Å². The summed E-state index contributed by atoms with van der Waals surface area (Å²) in [5, 5.41) is 0. The summed E-state index contributed by atoms with van der Waals surface area (Å²) in [7, 11) is 0. The van der Waals surface area contributed by atoms with Crippen LogP contribution in [0.3, 0.4) is 0 Å². The van der Waals surface area contributed by atoms with Crippen LogP contribution in [0.1, 0.15) is 12.5 Å². The Balaban J connectivity index is 1.62. The number of benzene rings is 2. The van der Waals surface area contributed by atoms with E-state index in [4.69, 9.17) is 0 Å². The number of fused-ring (bicyclic) bond motifs is 5. The molecule has 3 aliphatic rings. The lowest BCUT2D eigenvalue weighted by Crippen LogP contribution is -2.48. The van der Waals surface area contributed by atoms with Crippen molar-refractivity contribution in [1.82, 2.24) is 0 Å². The van der Waals surface area contributed by atoms with E-state index in [1.807, 2.05) is 41.3 Å². The normalized spacial score (nSPS) is 27.6. The van der Waals surface area contributed by atoms with Crippen LogP contribution in [0.5, 0.6) is 0 Å². The van der Waals surface area contributed by atoms with Crippen molar-refractivity contribution in [2.24, 2.45) is 11.8 Å². The number of para-hydroxylation sites is 1. The van der Waals surface area contributed by atoms with Gasteiger partial charge in [-0.2, -0.15) is 0 Å². The third-order valence-electron chi connectivity index (χ3n) is 5.92. The van der Waals surface area contributed by atoms with Gasteiger partial charge < -0.3 is 4.90 Å². The van der Waals surface area contributed by atoms with Crippen molar-refractivity contribution in [2.75, 3.05) is 9.80 Å². The summed E-state index contributed by atoms with van der Waals surface area (Å²) >= 11 is 3.37. The molecular weight excluding hydrogens is 420 g/mol. The van der Waals surface area contributed by atoms with Crippen molar-refractivity contribution in [3.8, 4) is 0 Å². The zero-order valence-electron chi connectivity index (χ0n) is 15.1. The third-order valence-corrected chi connectivity index (χ3v) is 6.44. The lowest BCUT2D eigenvalue weighted by molar-refractivity contribution is -0.126. The summed E-state index contributed by atoms with van der Waals surface area (Å²) < 4.78 is 0.871. The maximum Gasteiger partial charge on any atom is 0.240 e. The molecule has 2 fully saturated rings. The number of carbonyl (C=O) groups is 3. The Kier molecular flexibility index (Phi) is 3.81. The predicted octanol–water partition coefficient (Wildman–Crippen LogP) is 3.43. The first-order chi connectivity index (χ1) is 13.5. The van der Waals surface area contributed by atoms with Gasteiger partial charge in [0.1, 0.15) is 6.04 Å². The van der Waals surface area contributed by atoms with Crippen molar-refractivity contribution >= 4 is 51.0 Å². The Labute approximate surface area is 170 Å². The van der Waals surface area contributed by atoms with Gasteiger partial charge in [-0.15, -0.1) is 0 Å². The minimum absolute atomic E-state index is 0.0959. The second kappa shape index (κ2) is 6.14. The SMILES string of the molecule is CC(=O)C1C2C(=O)N(c3ccc(Br)cc3)C(=O)C2C2C=Cc3ccccc3N21. The summed E-state index contributed by atoms with van der Waals surface area (Å²) in [5.74, 6) is -1.86. The standard InChI is InChI=1S/C22H17BrN2O3/c1-12(26)20-19-18(17-11-6-13-4-2-3-5-16(13)25(17)20)21(27)24(22(19)28)15-9-7-14(23)8-10-15/h2-11,17-20H,1H3. The number of anilines is 2. The molecule has 0 saturated carbocycles. The number of Topliss-reactive ketones (excluding diaryl/α,β-unsaturated/α-hetero) is 1. The molecule has 0 aromatic heterocycles. The number of ketones is 1. The monoisotopic (exact) mass is 436 g/mol. The van der Waals surface area contributed by atoms with E-state index in [1.165, 1.54) is 11.8 Å². The van der Waals surface area contributed by atoms with E-state index in [1.54, 1.807) is 24.3 Å². The third kappa shape index (κ3) is 2.27. The maximum atomic E-state index is 13.3. The fourth-order valence-corrected chi connectivity index (χ4v) is 5.08. The molecule has 5 nitrogen and oxygen atoms in total. The van der Waals surface area contributed by atoms with E-state index in [-0.39, 0.29) is 23.6 Å². The molecule has 0 radical (unpaired) electrons. The van der Waals surface area contributed by atoms with E-state index >= 15 is 0 Å². The summed E-state index contributed by atoms with van der Waals surface area (Å²) in [6.07, 6.45) is 3.94. The van der Waals surface area contributed by atoms with Gasteiger partial charge in [-0.3, -0.25) is 14.4 Å². The summed E-state index contributed by atoms with van der Waals surface area (Å²) in [5.41, 5.74) is 2.44. The second-order valence-electron chi connectivity index (χ2n) is 7.41. The first-order valence-electron chi connectivity index (χ1n) is 9.18. The Morgan fingerprint density at radius 2 is 1.64 bits per heavy atom. The summed E-state index contributed by atoms with van der Waals surface area (Å²) in [6, 6.07) is 13.9. The van der Waals surface area contributed by atoms with Gasteiger partial charge in [0.05, 0.1) is 23.6 Å². The second-order valence-corrected chi connectivity index (χ2v) is 8.33. The van der Waals surface area contributed by atoms with Gasteiger partial charge in [0.2, 0.25) is 11.8 Å². The van der Waals surface area contributed by atoms with Crippen LogP contribution in [-0.2, 0) is 14.4 Å². The maximum absolute atomic E-state index is 13.3. The lowest BCUT2D eigenvalue weighted by Gasteiger charge is -2.36. The number of hydrogen-bond donors (Lipinski definition) is 0. The molecule has 3 aliphatic heterocycles. The van der Waals surface area contributed by atoms with Gasteiger partial charge in [0.25, 0.3) is 0 Å². The number of amides is 2. The van der Waals surface area contributed by atoms with E-state index in [0.29, 0.717) is 5.69 Å². The number of imide groups is 1. The minimum atomic E-state index is -0.672. The molecule has 5 rings (SSSR count).